The number of pyridine rings is 1. The molecule has 0 aliphatic carbocycles. The maximum absolute atomic E-state index is 11.3. The third-order valence-electron chi connectivity index (χ3n) is 2.35. The summed E-state index contributed by atoms with van der Waals surface area (Å²) >= 11 is 3.25. The minimum atomic E-state index is -3.08. The molecule has 0 saturated heterocycles. The average molecular weight is 337 g/mol. The number of nitrogens with zero attached hydrogens (tertiary/aromatic N) is 1. The Morgan fingerprint density at radius 2 is 2.17 bits per heavy atom. The Labute approximate surface area is 116 Å². The quantitative estimate of drug-likeness (QED) is 0.771. The molecule has 0 aliphatic heterocycles. The Morgan fingerprint density at radius 3 is 2.67 bits per heavy atom. The topological polar surface area (TPSA) is 79.3 Å². The molecule has 0 aromatic carbocycles. The second-order valence-electron chi connectivity index (χ2n) is 4.19. The first-order valence-electron chi connectivity index (χ1n) is 5.55. The van der Waals surface area contributed by atoms with Crippen LogP contribution in [0.3, 0.4) is 0 Å². The van der Waals surface area contributed by atoms with Gasteiger partial charge in [0.1, 0.15) is 10.4 Å². The van der Waals surface area contributed by atoms with E-state index in [1.54, 1.807) is 12.1 Å². The molecule has 1 aromatic heterocycles. The minimum absolute atomic E-state index is 0.00605. The summed E-state index contributed by atoms with van der Waals surface area (Å²) in [7, 11) is -3.08. The normalized spacial score (nSPS) is 13.3. The summed E-state index contributed by atoms with van der Waals surface area (Å²) in [6.07, 6.45) is 1.95. The van der Waals surface area contributed by atoms with Gasteiger partial charge >= 0.3 is 0 Å². The first kappa shape index (κ1) is 15.4. The summed E-state index contributed by atoms with van der Waals surface area (Å²) in [5, 5.41) is 12.2. The van der Waals surface area contributed by atoms with E-state index in [4.69, 9.17) is 5.11 Å². The third-order valence-corrected chi connectivity index (χ3v) is 3.61. The molecule has 7 heteroatoms. The van der Waals surface area contributed by atoms with Crippen LogP contribution in [0, 0.1) is 0 Å². The van der Waals surface area contributed by atoms with Crippen LogP contribution < -0.4 is 5.32 Å². The van der Waals surface area contributed by atoms with E-state index in [1.807, 2.05) is 6.92 Å². The average Bonchev–Trinajstić information content (AvgIpc) is 2.22. The van der Waals surface area contributed by atoms with Gasteiger partial charge in [-0.15, -0.1) is 0 Å². The first-order chi connectivity index (χ1) is 8.34. The van der Waals surface area contributed by atoms with E-state index in [9.17, 15) is 8.42 Å². The van der Waals surface area contributed by atoms with Gasteiger partial charge in [-0.1, -0.05) is 6.92 Å². The van der Waals surface area contributed by atoms with Gasteiger partial charge in [-0.2, -0.15) is 0 Å². The Hall–Kier alpha value is -0.660. The lowest BCUT2D eigenvalue weighted by Crippen LogP contribution is -2.23. The maximum Gasteiger partial charge on any atom is 0.151 e. The molecule has 1 unspecified atom stereocenters. The number of halogens is 1. The van der Waals surface area contributed by atoms with Crippen LogP contribution in [0.25, 0.3) is 0 Å². The monoisotopic (exact) mass is 336 g/mol. The van der Waals surface area contributed by atoms with Crippen molar-refractivity contribution in [2.45, 2.75) is 25.1 Å². The highest BCUT2D eigenvalue weighted by Crippen LogP contribution is 2.18. The first-order valence-corrected chi connectivity index (χ1v) is 8.41. The number of sulfone groups is 1. The van der Waals surface area contributed by atoms with Gasteiger partial charge in [0.25, 0.3) is 0 Å². The molecular weight excluding hydrogens is 320 g/mol. The minimum Gasteiger partial charge on any atom is -0.394 e. The number of hydrogen-bond donors (Lipinski definition) is 2. The zero-order chi connectivity index (χ0) is 13.8. The van der Waals surface area contributed by atoms with E-state index in [0.717, 1.165) is 6.42 Å². The molecule has 5 nitrogen and oxygen atoms in total. The van der Waals surface area contributed by atoms with E-state index >= 15 is 0 Å². The summed E-state index contributed by atoms with van der Waals surface area (Å²) in [6, 6.07) is 3.27. The fourth-order valence-electron chi connectivity index (χ4n) is 1.50. The van der Waals surface area contributed by atoms with Crippen molar-refractivity contribution in [3.05, 3.63) is 22.3 Å². The molecule has 2 N–H and O–H groups in total. The third kappa shape index (κ3) is 5.32. The van der Waals surface area contributed by atoms with Gasteiger partial charge in [0, 0.05) is 6.26 Å². The standard InChI is InChI=1S/C11H17BrN2O3S/c1-3-9(6-15)13-11-5-8(4-10(12)14-11)7-18(2,16)17/h4-5,9,15H,3,6-7H2,1-2H3,(H,13,14). The lowest BCUT2D eigenvalue weighted by atomic mass is 10.2. The predicted molar refractivity (Wildman–Crippen MR) is 75.3 cm³/mol. The molecule has 0 spiro atoms. The smallest absolute Gasteiger partial charge is 0.151 e. The Morgan fingerprint density at radius 1 is 1.50 bits per heavy atom. The number of nitrogens with one attached hydrogen (secondary N) is 1. The molecule has 1 heterocycles. The Kier molecular flexibility index (Phi) is 5.55. The Bertz CT molecular complexity index is 501. The van der Waals surface area contributed by atoms with Crippen LogP contribution in [-0.2, 0) is 15.6 Å². The van der Waals surface area contributed by atoms with Crippen LogP contribution >= 0.6 is 15.9 Å². The number of rotatable bonds is 6. The van der Waals surface area contributed by atoms with E-state index in [1.165, 1.54) is 6.26 Å². The maximum atomic E-state index is 11.3. The number of aliphatic hydroxyl groups is 1. The molecule has 0 radical (unpaired) electrons. The van der Waals surface area contributed by atoms with Gasteiger partial charge in [0.15, 0.2) is 9.84 Å². The van der Waals surface area contributed by atoms with Gasteiger partial charge in [0.05, 0.1) is 18.4 Å². The van der Waals surface area contributed by atoms with Crippen molar-refractivity contribution >= 4 is 31.6 Å². The molecule has 1 rings (SSSR count). The molecule has 0 fully saturated rings. The van der Waals surface area contributed by atoms with E-state index in [2.05, 4.69) is 26.2 Å². The summed E-state index contributed by atoms with van der Waals surface area (Å²) in [6.45, 7) is 1.95. The largest absolute Gasteiger partial charge is 0.394 e. The summed E-state index contributed by atoms with van der Waals surface area (Å²) < 4.78 is 23.1. The van der Waals surface area contributed by atoms with Crippen molar-refractivity contribution in [2.24, 2.45) is 0 Å². The van der Waals surface area contributed by atoms with E-state index in [-0.39, 0.29) is 18.4 Å². The number of hydrogen-bond acceptors (Lipinski definition) is 5. The molecule has 102 valence electrons. The second-order valence-corrected chi connectivity index (χ2v) is 7.14. The van der Waals surface area contributed by atoms with Crippen molar-refractivity contribution in [3.63, 3.8) is 0 Å². The van der Waals surface area contributed by atoms with E-state index < -0.39 is 9.84 Å². The van der Waals surface area contributed by atoms with E-state index in [0.29, 0.717) is 16.0 Å². The Balaban J connectivity index is 2.93. The summed E-state index contributed by atoms with van der Waals surface area (Å²) in [5.74, 6) is 0.530. The van der Waals surface area contributed by atoms with Crippen molar-refractivity contribution in [1.29, 1.82) is 0 Å². The van der Waals surface area contributed by atoms with Crippen LogP contribution in [0.4, 0.5) is 5.82 Å². The molecule has 18 heavy (non-hydrogen) atoms. The van der Waals surface area contributed by atoms with Gasteiger partial charge in [-0.05, 0) is 40.0 Å². The highest BCUT2D eigenvalue weighted by Gasteiger charge is 2.10. The number of anilines is 1. The summed E-state index contributed by atoms with van der Waals surface area (Å²) in [4.78, 5) is 4.20. The van der Waals surface area contributed by atoms with Gasteiger partial charge in [0.2, 0.25) is 0 Å². The SMILES string of the molecule is CCC(CO)Nc1cc(CS(C)(=O)=O)cc(Br)n1. The summed E-state index contributed by atoms with van der Waals surface area (Å²) in [5.41, 5.74) is 0.662. The van der Waals surface area contributed by atoms with Crippen LogP contribution in [0.5, 0.6) is 0 Å². The molecule has 0 saturated carbocycles. The zero-order valence-corrected chi connectivity index (χ0v) is 12.8. The van der Waals surface area contributed by atoms with Crippen LogP contribution in [-0.4, -0.2) is 37.4 Å². The highest BCUT2D eigenvalue weighted by atomic mass is 79.9. The lowest BCUT2D eigenvalue weighted by Gasteiger charge is -2.15. The second kappa shape index (κ2) is 6.49. The zero-order valence-electron chi connectivity index (χ0n) is 10.4. The van der Waals surface area contributed by atoms with Crippen LogP contribution in [0.15, 0.2) is 16.7 Å². The van der Waals surface area contributed by atoms with Gasteiger partial charge in [-0.3, -0.25) is 0 Å². The van der Waals surface area contributed by atoms with Crippen molar-refractivity contribution in [2.75, 3.05) is 18.2 Å². The van der Waals surface area contributed by atoms with Crippen molar-refractivity contribution < 1.29 is 13.5 Å². The van der Waals surface area contributed by atoms with Crippen LogP contribution in [0.1, 0.15) is 18.9 Å². The molecular formula is C11H17BrN2O3S. The highest BCUT2D eigenvalue weighted by molar-refractivity contribution is 9.10. The fraction of sp³-hybridized carbons (Fsp3) is 0.545. The van der Waals surface area contributed by atoms with Crippen molar-refractivity contribution in [3.8, 4) is 0 Å². The lowest BCUT2D eigenvalue weighted by molar-refractivity contribution is 0.271. The van der Waals surface area contributed by atoms with Crippen molar-refractivity contribution in [1.82, 2.24) is 4.98 Å². The van der Waals surface area contributed by atoms with Gasteiger partial charge in [-0.25, -0.2) is 13.4 Å². The molecule has 1 aromatic rings. The number of aliphatic hydroxyl groups excluding tert-OH is 1. The van der Waals surface area contributed by atoms with Gasteiger partial charge < -0.3 is 10.4 Å². The molecule has 0 amide bonds. The predicted octanol–water partition coefficient (Wildman–Crippen LogP) is 1.57. The van der Waals surface area contributed by atoms with Crippen LogP contribution in [0.2, 0.25) is 0 Å². The molecule has 0 bridgehead atoms. The molecule has 1 atom stereocenters. The molecule has 0 aliphatic rings. The fourth-order valence-corrected chi connectivity index (χ4v) is 2.75. The number of aromatic nitrogens is 1.